The first kappa shape index (κ1) is 14.0. The fourth-order valence-electron chi connectivity index (χ4n) is 1.48. The zero-order chi connectivity index (χ0) is 14.8. The number of hydrogen-bond donors (Lipinski definition) is 1. The Hall–Kier alpha value is -2.44. The highest BCUT2D eigenvalue weighted by Gasteiger charge is 2.34. The highest BCUT2D eigenvalue weighted by atomic mass is 19.4. The summed E-state index contributed by atoms with van der Waals surface area (Å²) in [5, 5.41) is 8.79. The number of alkyl halides is 3. The lowest BCUT2D eigenvalue weighted by Crippen LogP contribution is -2.02. The summed E-state index contributed by atoms with van der Waals surface area (Å²) in [5.41, 5.74) is 0.0259. The Morgan fingerprint density at radius 1 is 1.25 bits per heavy atom. The van der Waals surface area contributed by atoms with Crippen LogP contribution in [0.2, 0.25) is 0 Å². The number of aromatic carboxylic acids is 1. The summed E-state index contributed by atoms with van der Waals surface area (Å²) in [6.45, 7) is -0.223. The Balaban J connectivity index is 2.04. The number of furan rings is 1. The Morgan fingerprint density at radius 3 is 2.60 bits per heavy atom. The molecule has 0 aliphatic heterocycles. The van der Waals surface area contributed by atoms with Crippen molar-refractivity contribution < 1.29 is 32.2 Å². The number of carboxylic acids is 1. The van der Waals surface area contributed by atoms with Crippen LogP contribution >= 0.6 is 0 Å². The van der Waals surface area contributed by atoms with Crippen LogP contribution < -0.4 is 4.74 Å². The molecule has 1 aromatic carbocycles. The third-order valence-corrected chi connectivity index (χ3v) is 2.40. The maximum atomic E-state index is 12.3. The molecule has 0 amide bonds. The summed E-state index contributed by atoms with van der Waals surface area (Å²) >= 11 is 0. The van der Waals surface area contributed by atoms with E-state index >= 15 is 0 Å². The number of hydrogen-bond acceptors (Lipinski definition) is 3. The van der Waals surface area contributed by atoms with Gasteiger partial charge in [0.05, 0.1) is 5.56 Å². The molecule has 106 valence electrons. The van der Waals surface area contributed by atoms with Crippen molar-refractivity contribution in [2.24, 2.45) is 0 Å². The molecular weight excluding hydrogens is 277 g/mol. The molecule has 1 aromatic heterocycles. The van der Waals surface area contributed by atoms with Gasteiger partial charge in [-0.25, -0.2) is 4.79 Å². The maximum Gasteiger partial charge on any atom is 0.449 e. The number of benzene rings is 1. The van der Waals surface area contributed by atoms with Gasteiger partial charge in [0.25, 0.3) is 0 Å². The van der Waals surface area contributed by atoms with Crippen LogP contribution in [0.5, 0.6) is 5.75 Å². The predicted octanol–water partition coefficient (Wildman–Crippen LogP) is 3.58. The molecule has 1 heterocycles. The van der Waals surface area contributed by atoms with Gasteiger partial charge >= 0.3 is 12.1 Å². The van der Waals surface area contributed by atoms with Crippen molar-refractivity contribution in [2.75, 3.05) is 0 Å². The first-order chi connectivity index (χ1) is 9.36. The van der Waals surface area contributed by atoms with Gasteiger partial charge in [-0.15, -0.1) is 0 Å². The molecule has 0 bridgehead atoms. The molecule has 20 heavy (non-hydrogen) atoms. The Kier molecular flexibility index (Phi) is 3.69. The average Bonchev–Trinajstić information content (AvgIpc) is 2.85. The molecule has 0 aliphatic carbocycles. The molecule has 0 spiro atoms. The quantitative estimate of drug-likeness (QED) is 0.933. The van der Waals surface area contributed by atoms with E-state index in [1.54, 1.807) is 0 Å². The van der Waals surface area contributed by atoms with Gasteiger partial charge in [0.2, 0.25) is 5.76 Å². The number of rotatable bonds is 4. The molecule has 0 aliphatic rings. The smallest absolute Gasteiger partial charge is 0.449 e. The molecule has 0 unspecified atom stereocenters. The molecular formula is C13H9F3O4. The van der Waals surface area contributed by atoms with Crippen LogP contribution in [0.15, 0.2) is 40.8 Å². The maximum absolute atomic E-state index is 12.3. The lowest BCUT2D eigenvalue weighted by molar-refractivity contribution is -0.153. The van der Waals surface area contributed by atoms with Gasteiger partial charge in [-0.2, -0.15) is 13.2 Å². The van der Waals surface area contributed by atoms with E-state index in [9.17, 15) is 18.0 Å². The van der Waals surface area contributed by atoms with E-state index in [1.165, 1.54) is 24.3 Å². The predicted molar refractivity (Wildman–Crippen MR) is 61.4 cm³/mol. The van der Waals surface area contributed by atoms with E-state index < -0.39 is 17.9 Å². The zero-order valence-electron chi connectivity index (χ0n) is 9.98. The molecule has 1 N–H and O–H groups in total. The number of carbonyl (C=O) groups is 1. The molecule has 0 radical (unpaired) electrons. The Bertz CT molecular complexity index is 616. The highest BCUT2D eigenvalue weighted by molar-refractivity contribution is 5.87. The molecule has 4 nitrogen and oxygen atoms in total. The van der Waals surface area contributed by atoms with Gasteiger partial charge in [0, 0.05) is 0 Å². The van der Waals surface area contributed by atoms with Gasteiger partial charge in [-0.1, -0.05) is 6.07 Å². The second kappa shape index (κ2) is 5.28. The van der Waals surface area contributed by atoms with E-state index in [0.717, 1.165) is 12.1 Å². The SMILES string of the molecule is O=C(O)c1cccc(OCc2ccc(C(F)(F)F)o2)c1. The molecule has 2 rings (SSSR count). The minimum Gasteiger partial charge on any atom is -0.486 e. The van der Waals surface area contributed by atoms with Crippen molar-refractivity contribution in [2.45, 2.75) is 12.8 Å². The van der Waals surface area contributed by atoms with Crippen molar-refractivity contribution >= 4 is 5.97 Å². The van der Waals surface area contributed by atoms with Crippen LogP contribution in [0.3, 0.4) is 0 Å². The summed E-state index contributed by atoms with van der Waals surface area (Å²) in [4.78, 5) is 10.7. The summed E-state index contributed by atoms with van der Waals surface area (Å²) < 4.78 is 46.7. The van der Waals surface area contributed by atoms with Crippen molar-refractivity contribution in [1.29, 1.82) is 0 Å². The van der Waals surface area contributed by atoms with Crippen LogP contribution in [0.1, 0.15) is 21.9 Å². The van der Waals surface area contributed by atoms with Crippen molar-refractivity contribution in [3.63, 3.8) is 0 Å². The third-order valence-electron chi connectivity index (χ3n) is 2.40. The van der Waals surface area contributed by atoms with Gasteiger partial charge in [0.1, 0.15) is 18.1 Å². The van der Waals surface area contributed by atoms with Crippen LogP contribution in [0, 0.1) is 0 Å². The summed E-state index contributed by atoms with van der Waals surface area (Å²) in [6.07, 6.45) is -4.54. The fraction of sp³-hybridized carbons (Fsp3) is 0.154. The highest BCUT2D eigenvalue weighted by Crippen LogP contribution is 2.30. The van der Waals surface area contributed by atoms with Crippen molar-refractivity contribution in [1.82, 2.24) is 0 Å². The molecule has 2 aromatic rings. The minimum atomic E-state index is -4.54. The number of ether oxygens (including phenoxy) is 1. The first-order valence-corrected chi connectivity index (χ1v) is 5.48. The standard InChI is InChI=1S/C13H9F3O4/c14-13(15,16)11-5-4-10(20-11)7-19-9-3-1-2-8(6-9)12(17)18/h1-6H,7H2,(H,17,18). The van der Waals surface area contributed by atoms with E-state index in [2.05, 4.69) is 4.42 Å². The van der Waals surface area contributed by atoms with Crippen molar-refractivity contribution in [3.8, 4) is 5.75 Å². The second-order valence-corrected chi connectivity index (χ2v) is 3.89. The largest absolute Gasteiger partial charge is 0.486 e. The van der Waals surface area contributed by atoms with E-state index in [1.807, 2.05) is 0 Å². The average molecular weight is 286 g/mol. The summed E-state index contributed by atoms with van der Waals surface area (Å²) in [6, 6.07) is 7.60. The first-order valence-electron chi connectivity index (χ1n) is 5.48. The van der Waals surface area contributed by atoms with Crippen LogP contribution in [0.4, 0.5) is 13.2 Å². The van der Waals surface area contributed by atoms with E-state index in [-0.39, 0.29) is 23.7 Å². The zero-order valence-corrected chi connectivity index (χ0v) is 9.98. The molecule has 0 atom stereocenters. The minimum absolute atomic E-state index is 0.00180. The lowest BCUT2D eigenvalue weighted by atomic mass is 10.2. The molecule has 0 saturated heterocycles. The number of carboxylic acid groups (broad SMARTS) is 1. The lowest BCUT2D eigenvalue weighted by Gasteiger charge is -2.05. The molecule has 0 fully saturated rings. The monoisotopic (exact) mass is 286 g/mol. The topological polar surface area (TPSA) is 59.7 Å². The van der Waals surface area contributed by atoms with Crippen LogP contribution in [0.25, 0.3) is 0 Å². The number of halogens is 3. The van der Waals surface area contributed by atoms with Gasteiger partial charge in [0.15, 0.2) is 0 Å². The Labute approximate surface area is 111 Å². The van der Waals surface area contributed by atoms with Gasteiger partial charge in [-0.05, 0) is 30.3 Å². The summed E-state index contributed by atoms with van der Waals surface area (Å²) in [5.74, 6) is -1.99. The Morgan fingerprint density at radius 2 is 2.00 bits per heavy atom. The van der Waals surface area contributed by atoms with Crippen molar-refractivity contribution in [3.05, 3.63) is 53.5 Å². The van der Waals surface area contributed by atoms with Crippen LogP contribution in [-0.2, 0) is 12.8 Å². The fourth-order valence-corrected chi connectivity index (χ4v) is 1.48. The van der Waals surface area contributed by atoms with E-state index in [4.69, 9.17) is 9.84 Å². The van der Waals surface area contributed by atoms with Gasteiger partial charge < -0.3 is 14.3 Å². The summed E-state index contributed by atoms with van der Waals surface area (Å²) in [7, 11) is 0. The van der Waals surface area contributed by atoms with Crippen LogP contribution in [-0.4, -0.2) is 11.1 Å². The molecule has 7 heteroatoms. The molecule has 0 saturated carbocycles. The van der Waals surface area contributed by atoms with E-state index in [0.29, 0.717) is 0 Å². The third kappa shape index (κ3) is 3.31. The second-order valence-electron chi connectivity index (χ2n) is 3.89. The normalized spacial score (nSPS) is 11.3. The van der Waals surface area contributed by atoms with Gasteiger partial charge in [-0.3, -0.25) is 0 Å².